The lowest BCUT2D eigenvalue weighted by Gasteiger charge is -2.20. The van der Waals surface area contributed by atoms with E-state index in [2.05, 4.69) is 46.3 Å². The quantitative estimate of drug-likeness (QED) is 0.637. The number of nitrogens with zero attached hydrogens (tertiary/aromatic N) is 1. The summed E-state index contributed by atoms with van der Waals surface area (Å²) >= 11 is 3.68. The summed E-state index contributed by atoms with van der Waals surface area (Å²) in [5.74, 6) is 0.877. The molecule has 0 atom stereocenters. The smallest absolute Gasteiger partial charge is 0.119 e. The third kappa shape index (κ3) is 2.04. The minimum atomic E-state index is 0.877. The van der Waals surface area contributed by atoms with Crippen molar-refractivity contribution in [2.24, 2.45) is 0 Å². The van der Waals surface area contributed by atoms with Gasteiger partial charge < -0.3 is 4.74 Å². The normalized spacial score (nSPS) is 12.9. The fourth-order valence-electron chi connectivity index (χ4n) is 3.04. The van der Waals surface area contributed by atoms with Crippen LogP contribution in [0.1, 0.15) is 11.1 Å². The van der Waals surface area contributed by atoms with Gasteiger partial charge in [-0.05, 0) is 54.3 Å². The fourth-order valence-corrected chi connectivity index (χ4v) is 3.64. The van der Waals surface area contributed by atoms with E-state index in [1.807, 2.05) is 12.1 Å². The minimum absolute atomic E-state index is 0.877. The van der Waals surface area contributed by atoms with Crippen LogP contribution in [0.3, 0.4) is 0 Å². The van der Waals surface area contributed by atoms with Crippen LogP contribution < -0.4 is 4.74 Å². The van der Waals surface area contributed by atoms with Gasteiger partial charge in [-0.15, -0.1) is 0 Å². The monoisotopic (exact) mass is 339 g/mol. The lowest BCUT2D eigenvalue weighted by Crippen LogP contribution is -2.06. The maximum Gasteiger partial charge on any atom is 0.119 e. The largest absolute Gasteiger partial charge is 0.497 e. The van der Waals surface area contributed by atoms with E-state index < -0.39 is 0 Å². The molecular weight excluding hydrogens is 326 g/mol. The molecule has 0 fully saturated rings. The molecule has 0 saturated heterocycles. The standard InChI is InChI=1S/C18H14BrNO/c1-21-14-7-8-16-13(10-14)9-12-6-5-11-3-2-4-15(19)17(11)18(12)20-16/h2-4,7-10H,5-6H2,1H3. The first-order valence-corrected chi connectivity index (χ1v) is 7.81. The van der Waals surface area contributed by atoms with E-state index >= 15 is 0 Å². The van der Waals surface area contributed by atoms with Crippen LogP contribution >= 0.6 is 15.9 Å². The van der Waals surface area contributed by atoms with E-state index in [-0.39, 0.29) is 0 Å². The number of ether oxygens (including phenoxy) is 1. The van der Waals surface area contributed by atoms with Crippen molar-refractivity contribution in [3.05, 3.63) is 58.1 Å². The first-order valence-electron chi connectivity index (χ1n) is 7.02. The number of aryl methyl sites for hydroxylation is 2. The van der Waals surface area contributed by atoms with Crippen molar-refractivity contribution in [2.45, 2.75) is 12.8 Å². The molecule has 2 nitrogen and oxygen atoms in total. The summed E-state index contributed by atoms with van der Waals surface area (Å²) in [4.78, 5) is 4.91. The fraction of sp³-hybridized carbons (Fsp3) is 0.167. The molecule has 4 rings (SSSR count). The summed E-state index contributed by atoms with van der Waals surface area (Å²) in [7, 11) is 1.69. The zero-order valence-electron chi connectivity index (χ0n) is 11.7. The highest BCUT2D eigenvalue weighted by atomic mass is 79.9. The Hall–Kier alpha value is -1.87. The van der Waals surface area contributed by atoms with Crippen LogP contribution in [0.15, 0.2) is 46.9 Å². The van der Waals surface area contributed by atoms with Gasteiger partial charge in [0.25, 0.3) is 0 Å². The average Bonchev–Trinajstić information content (AvgIpc) is 2.52. The minimum Gasteiger partial charge on any atom is -0.497 e. The van der Waals surface area contributed by atoms with Crippen molar-refractivity contribution in [3.8, 4) is 17.0 Å². The molecule has 1 aromatic heterocycles. The van der Waals surface area contributed by atoms with Gasteiger partial charge in [-0.2, -0.15) is 0 Å². The predicted molar refractivity (Wildman–Crippen MR) is 88.8 cm³/mol. The third-order valence-corrected chi connectivity index (χ3v) is 4.76. The molecule has 2 aromatic carbocycles. The van der Waals surface area contributed by atoms with Gasteiger partial charge in [0.15, 0.2) is 0 Å². The topological polar surface area (TPSA) is 22.1 Å². The summed E-state index contributed by atoms with van der Waals surface area (Å²) in [5, 5.41) is 1.14. The predicted octanol–water partition coefficient (Wildman–Crippen LogP) is 4.77. The summed E-state index contributed by atoms with van der Waals surface area (Å²) < 4.78 is 6.43. The van der Waals surface area contributed by atoms with Crippen LogP contribution in [0.4, 0.5) is 0 Å². The van der Waals surface area contributed by atoms with Gasteiger partial charge in [-0.3, -0.25) is 0 Å². The van der Waals surface area contributed by atoms with Crippen LogP contribution in [-0.4, -0.2) is 12.1 Å². The molecule has 0 aliphatic heterocycles. The molecular formula is C18H14BrNO. The highest BCUT2D eigenvalue weighted by Gasteiger charge is 2.20. The third-order valence-electron chi connectivity index (χ3n) is 4.10. The van der Waals surface area contributed by atoms with Crippen LogP contribution in [0.25, 0.3) is 22.2 Å². The highest BCUT2D eigenvalue weighted by molar-refractivity contribution is 9.10. The summed E-state index contributed by atoms with van der Waals surface area (Å²) in [6, 6.07) is 14.7. The number of hydrogen-bond acceptors (Lipinski definition) is 2. The van der Waals surface area contributed by atoms with Gasteiger partial charge >= 0.3 is 0 Å². The number of methoxy groups -OCH3 is 1. The molecule has 1 aliphatic rings. The Morgan fingerprint density at radius 2 is 1.90 bits per heavy atom. The lowest BCUT2D eigenvalue weighted by atomic mass is 9.88. The van der Waals surface area contributed by atoms with E-state index in [4.69, 9.17) is 9.72 Å². The molecule has 0 saturated carbocycles. The van der Waals surface area contributed by atoms with Crippen LogP contribution in [0.2, 0.25) is 0 Å². The van der Waals surface area contributed by atoms with Gasteiger partial charge in [-0.25, -0.2) is 4.98 Å². The van der Waals surface area contributed by atoms with Crippen molar-refractivity contribution in [3.63, 3.8) is 0 Å². The van der Waals surface area contributed by atoms with Crippen molar-refractivity contribution in [1.82, 2.24) is 4.98 Å². The van der Waals surface area contributed by atoms with Crippen LogP contribution in [-0.2, 0) is 12.8 Å². The molecule has 0 N–H and O–H groups in total. The second-order valence-electron chi connectivity index (χ2n) is 5.33. The van der Waals surface area contributed by atoms with Gasteiger partial charge in [0.1, 0.15) is 5.75 Å². The average molecular weight is 340 g/mol. The van der Waals surface area contributed by atoms with Crippen LogP contribution in [0.5, 0.6) is 5.75 Å². The molecule has 0 radical (unpaired) electrons. The molecule has 3 aromatic rings. The second-order valence-corrected chi connectivity index (χ2v) is 6.18. The Bertz CT molecular complexity index is 857. The van der Waals surface area contributed by atoms with Gasteiger partial charge in [-0.1, -0.05) is 28.1 Å². The molecule has 21 heavy (non-hydrogen) atoms. The van der Waals surface area contributed by atoms with Gasteiger partial charge in [0, 0.05) is 15.4 Å². The number of halogens is 1. The SMILES string of the molecule is COc1ccc2nc3c(cc2c1)CCc1cccc(Br)c1-3. The molecule has 0 bridgehead atoms. The first kappa shape index (κ1) is 12.8. The number of fused-ring (bicyclic) bond motifs is 4. The Balaban J connectivity index is 2.00. The van der Waals surface area contributed by atoms with Gasteiger partial charge in [0.05, 0.1) is 18.3 Å². The maximum absolute atomic E-state index is 5.31. The Morgan fingerprint density at radius 1 is 1.05 bits per heavy atom. The zero-order valence-corrected chi connectivity index (χ0v) is 13.3. The van der Waals surface area contributed by atoms with E-state index in [0.717, 1.165) is 39.7 Å². The molecule has 0 spiro atoms. The number of benzene rings is 2. The molecule has 0 amide bonds. The number of hydrogen-bond donors (Lipinski definition) is 0. The van der Waals surface area contributed by atoms with Crippen molar-refractivity contribution in [2.75, 3.05) is 7.11 Å². The van der Waals surface area contributed by atoms with E-state index in [0.29, 0.717) is 0 Å². The zero-order chi connectivity index (χ0) is 14.4. The Labute approximate surface area is 131 Å². The van der Waals surface area contributed by atoms with E-state index in [1.54, 1.807) is 7.11 Å². The maximum atomic E-state index is 5.31. The molecule has 3 heteroatoms. The number of aromatic nitrogens is 1. The molecule has 1 aliphatic carbocycles. The number of rotatable bonds is 1. The first-order chi connectivity index (χ1) is 10.3. The number of pyridine rings is 1. The van der Waals surface area contributed by atoms with Crippen LogP contribution in [0, 0.1) is 0 Å². The van der Waals surface area contributed by atoms with Crippen molar-refractivity contribution in [1.29, 1.82) is 0 Å². The summed E-state index contributed by atoms with van der Waals surface area (Å²) in [6.07, 6.45) is 2.11. The molecule has 104 valence electrons. The lowest BCUT2D eigenvalue weighted by molar-refractivity contribution is 0.415. The molecule has 0 unspecified atom stereocenters. The van der Waals surface area contributed by atoms with E-state index in [9.17, 15) is 0 Å². The summed E-state index contributed by atoms with van der Waals surface area (Å²) in [5.41, 5.74) is 6.06. The second kappa shape index (κ2) is 4.85. The summed E-state index contributed by atoms with van der Waals surface area (Å²) in [6.45, 7) is 0. The Kier molecular flexibility index (Phi) is 2.96. The van der Waals surface area contributed by atoms with Crippen molar-refractivity contribution >= 4 is 26.8 Å². The Morgan fingerprint density at radius 3 is 2.76 bits per heavy atom. The highest BCUT2D eigenvalue weighted by Crippen LogP contribution is 2.38. The van der Waals surface area contributed by atoms with E-state index in [1.165, 1.54) is 16.7 Å². The van der Waals surface area contributed by atoms with Crippen molar-refractivity contribution < 1.29 is 4.74 Å². The molecule has 1 heterocycles. The van der Waals surface area contributed by atoms with Gasteiger partial charge in [0.2, 0.25) is 0 Å².